The molecule has 0 saturated carbocycles. The number of carbonyl (C=O) groups is 2. The van der Waals surface area contributed by atoms with Gasteiger partial charge in [-0.2, -0.15) is 0 Å². The first-order valence-electron chi connectivity index (χ1n) is 8.01. The van der Waals surface area contributed by atoms with Crippen molar-refractivity contribution in [2.45, 2.75) is 32.4 Å². The predicted molar refractivity (Wildman–Crippen MR) is 92.0 cm³/mol. The van der Waals surface area contributed by atoms with Crippen LogP contribution in [0.2, 0.25) is 0 Å². The zero-order valence-electron chi connectivity index (χ0n) is 13.5. The van der Waals surface area contributed by atoms with Crippen LogP contribution in [-0.2, 0) is 17.8 Å². The van der Waals surface area contributed by atoms with E-state index in [-0.39, 0.29) is 11.9 Å². The Labute approximate surface area is 140 Å². The number of benzene rings is 2. The van der Waals surface area contributed by atoms with Crippen molar-refractivity contribution in [2.75, 3.05) is 5.32 Å². The second-order valence-corrected chi connectivity index (χ2v) is 6.07. The van der Waals surface area contributed by atoms with E-state index >= 15 is 0 Å². The molecule has 0 spiro atoms. The number of carboxylic acid groups (broad SMARTS) is 1. The lowest BCUT2D eigenvalue weighted by Gasteiger charge is -2.20. The molecule has 1 heterocycles. The quantitative estimate of drug-likeness (QED) is 0.789. The van der Waals surface area contributed by atoms with E-state index in [4.69, 9.17) is 5.11 Å². The SMILES string of the molecule is CC(NCc1ccc(C(=O)O)cc1)c1ccc2c(c1)CCC(=O)N2. The molecule has 0 saturated heterocycles. The molecule has 124 valence electrons. The van der Waals surface area contributed by atoms with Gasteiger partial charge in [-0.1, -0.05) is 24.3 Å². The third kappa shape index (κ3) is 3.63. The van der Waals surface area contributed by atoms with E-state index < -0.39 is 5.97 Å². The minimum absolute atomic E-state index is 0.0752. The van der Waals surface area contributed by atoms with Crippen LogP contribution in [0, 0.1) is 0 Å². The van der Waals surface area contributed by atoms with Gasteiger partial charge in [0, 0.05) is 24.7 Å². The van der Waals surface area contributed by atoms with Gasteiger partial charge in [0.25, 0.3) is 0 Å². The Hall–Kier alpha value is -2.66. The maximum Gasteiger partial charge on any atom is 0.335 e. The maximum atomic E-state index is 11.4. The standard InChI is InChI=1S/C19H20N2O3/c1-12(20-11-13-2-4-14(5-3-13)19(23)24)15-6-8-17-16(10-15)7-9-18(22)21-17/h2-6,8,10,12,20H,7,9,11H2,1H3,(H,21,22)(H,23,24). The monoisotopic (exact) mass is 324 g/mol. The predicted octanol–water partition coefficient (Wildman–Crippen LogP) is 3.12. The highest BCUT2D eigenvalue weighted by Crippen LogP contribution is 2.26. The zero-order chi connectivity index (χ0) is 17.1. The molecule has 5 heteroatoms. The summed E-state index contributed by atoms with van der Waals surface area (Å²) < 4.78 is 0. The Balaban J connectivity index is 1.63. The number of carbonyl (C=O) groups excluding carboxylic acids is 1. The number of amides is 1. The molecule has 3 N–H and O–H groups in total. The van der Waals surface area contributed by atoms with Gasteiger partial charge in [0.1, 0.15) is 0 Å². The van der Waals surface area contributed by atoms with Crippen molar-refractivity contribution >= 4 is 17.6 Å². The van der Waals surface area contributed by atoms with Crippen molar-refractivity contribution in [1.82, 2.24) is 5.32 Å². The van der Waals surface area contributed by atoms with E-state index in [2.05, 4.69) is 23.6 Å². The summed E-state index contributed by atoms with van der Waals surface area (Å²) in [6.45, 7) is 2.75. The fourth-order valence-electron chi connectivity index (χ4n) is 2.83. The molecule has 1 amide bonds. The topological polar surface area (TPSA) is 78.4 Å². The molecule has 1 unspecified atom stereocenters. The van der Waals surface area contributed by atoms with Crippen LogP contribution in [0.1, 0.15) is 46.4 Å². The smallest absolute Gasteiger partial charge is 0.335 e. The fourth-order valence-corrected chi connectivity index (χ4v) is 2.83. The molecule has 1 aliphatic heterocycles. The van der Waals surface area contributed by atoms with Crippen LogP contribution in [0.15, 0.2) is 42.5 Å². The van der Waals surface area contributed by atoms with Gasteiger partial charge in [0.2, 0.25) is 5.91 Å². The highest BCUT2D eigenvalue weighted by atomic mass is 16.4. The van der Waals surface area contributed by atoms with Gasteiger partial charge in [-0.25, -0.2) is 4.79 Å². The average molecular weight is 324 g/mol. The van der Waals surface area contributed by atoms with Crippen LogP contribution in [0.4, 0.5) is 5.69 Å². The summed E-state index contributed by atoms with van der Waals surface area (Å²) in [5, 5.41) is 15.2. The maximum absolute atomic E-state index is 11.4. The number of hydrogen-bond acceptors (Lipinski definition) is 3. The number of hydrogen-bond donors (Lipinski definition) is 3. The first-order chi connectivity index (χ1) is 11.5. The Morgan fingerprint density at radius 3 is 2.67 bits per heavy atom. The molecular weight excluding hydrogens is 304 g/mol. The molecule has 5 nitrogen and oxygen atoms in total. The molecule has 3 rings (SSSR count). The van der Waals surface area contributed by atoms with Crippen molar-refractivity contribution in [3.63, 3.8) is 0 Å². The normalized spacial score (nSPS) is 14.6. The Morgan fingerprint density at radius 2 is 1.96 bits per heavy atom. The molecule has 1 atom stereocenters. The summed E-state index contributed by atoms with van der Waals surface area (Å²) in [7, 11) is 0. The lowest BCUT2D eigenvalue weighted by molar-refractivity contribution is -0.116. The third-order valence-corrected chi connectivity index (χ3v) is 4.34. The summed E-state index contributed by atoms with van der Waals surface area (Å²) in [6.07, 6.45) is 1.31. The van der Waals surface area contributed by atoms with Crippen molar-refractivity contribution in [1.29, 1.82) is 0 Å². The second-order valence-electron chi connectivity index (χ2n) is 6.07. The lowest BCUT2D eigenvalue weighted by atomic mass is 9.97. The number of carboxylic acids is 1. The summed E-state index contributed by atoms with van der Waals surface area (Å²) in [5.74, 6) is -0.838. The largest absolute Gasteiger partial charge is 0.478 e. The van der Waals surface area contributed by atoms with Crippen LogP contribution in [-0.4, -0.2) is 17.0 Å². The van der Waals surface area contributed by atoms with Gasteiger partial charge in [-0.05, 0) is 48.2 Å². The minimum atomic E-state index is -0.913. The van der Waals surface area contributed by atoms with Gasteiger partial charge in [-0.3, -0.25) is 4.79 Å². The molecule has 1 aliphatic rings. The lowest BCUT2D eigenvalue weighted by Crippen LogP contribution is -2.21. The van der Waals surface area contributed by atoms with Crippen LogP contribution in [0.5, 0.6) is 0 Å². The van der Waals surface area contributed by atoms with E-state index in [0.717, 1.165) is 17.7 Å². The number of fused-ring (bicyclic) bond motifs is 1. The number of nitrogens with one attached hydrogen (secondary N) is 2. The average Bonchev–Trinajstić information content (AvgIpc) is 2.59. The number of rotatable bonds is 5. The van der Waals surface area contributed by atoms with Gasteiger partial charge >= 0.3 is 5.97 Å². The fraction of sp³-hybridized carbons (Fsp3) is 0.263. The van der Waals surface area contributed by atoms with Crippen LogP contribution >= 0.6 is 0 Å². The molecule has 0 aliphatic carbocycles. The van der Waals surface area contributed by atoms with Crippen molar-refractivity contribution in [3.8, 4) is 0 Å². The molecule has 24 heavy (non-hydrogen) atoms. The van der Waals surface area contributed by atoms with Crippen LogP contribution < -0.4 is 10.6 Å². The number of aryl methyl sites for hydroxylation is 1. The molecule has 2 aromatic rings. The van der Waals surface area contributed by atoms with Gasteiger partial charge in [0.15, 0.2) is 0 Å². The first-order valence-corrected chi connectivity index (χ1v) is 8.01. The van der Waals surface area contributed by atoms with E-state index in [1.54, 1.807) is 12.1 Å². The van der Waals surface area contributed by atoms with Crippen molar-refractivity contribution in [2.24, 2.45) is 0 Å². The van der Waals surface area contributed by atoms with E-state index in [1.807, 2.05) is 24.3 Å². The Morgan fingerprint density at radius 1 is 1.21 bits per heavy atom. The van der Waals surface area contributed by atoms with E-state index in [1.165, 1.54) is 11.1 Å². The summed E-state index contributed by atoms with van der Waals surface area (Å²) >= 11 is 0. The summed E-state index contributed by atoms with van der Waals surface area (Å²) in [4.78, 5) is 22.3. The Kier molecular flexibility index (Phi) is 4.62. The van der Waals surface area contributed by atoms with Gasteiger partial charge < -0.3 is 15.7 Å². The molecular formula is C19H20N2O3. The van der Waals surface area contributed by atoms with E-state index in [0.29, 0.717) is 18.5 Å². The van der Waals surface area contributed by atoms with Crippen LogP contribution in [0.3, 0.4) is 0 Å². The van der Waals surface area contributed by atoms with Crippen LogP contribution in [0.25, 0.3) is 0 Å². The van der Waals surface area contributed by atoms with Gasteiger partial charge in [0.05, 0.1) is 5.56 Å². The van der Waals surface area contributed by atoms with Crippen molar-refractivity contribution < 1.29 is 14.7 Å². The van der Waals surface area contributed by atoms with E-state index in [9.17, 15) is 9.59 Å². The number of aromatic carboxylic acids is 1. The molecule has 0 bridgehead atoms. The second kappa shape index (κ2) is 6.84. The number of anilines is 1. The summed E-state index contributed by atoms with van der Waals surface area (Å²) in [6, 6.07) is 13.2. The minimum Gasteiger partial charge on any atom is -0.478 e. The summed E-state index contributed by atoms with van der Waals surface area (Å²) in [5.41, 5.74) is 4.59. The highest BCUT2D eigenvalue weighted by Gasteiger charge is 2.16. The highest BCUT2D eigenvalue weighted by molar-refractivity contribution is 5.93. The Bertz CT molecular complexity index is 769. The third-order valence-electron chi connectivity index (χ3n) is 4.34. The zero-order valence-corrected chi connectivity index (χ0v) is 13.5. The molecule has 0 radical (unpaired) electrons. The molecule has 0 fully saturated rings. The van der Waals surface area contributed by atoms with Gasteiger partial charge in [-0.15, -0.1) is 0 Å². The first kappa shape index (κ1) is 16.2. The molecule has 0 aromatic heterocycles. The van der Waals surface area contributed by atoms with Crippen molar-refractivity contribution in [3.05, 3.63) is 64.7 Å². The molecule has 2 aromatic carbocycles.